The monoisotopic (exact) mass is 387 g/mol. The highest BCUT2D eigenvalue weighted by Crippen LogP contribution is 2.26. The van der Waals surface area contributed by atoms with Crippen LogP contribution in [0.5, 0.6) is 5.88 Å². The maximum absolute atomic E-state index is 9.29. The van der Waals surface area contributed by atoms with Gasteiger partial charge in [-0.05, 0) is 47.7 Å². The summed E-state index contributed by atoms with van der Waals surface area (Å²) in [5.74, 6) is 1.86. The summed E-state index contributed by atoms with van der Waals surface area (Å²) >= 11 is 3.36. The Morgan fingerprint density at radius 3 is 2.75 bits per heavy atom. The first-order chi connectivity index (χ1) is 11.7. The second-order valence-corrected chi connectivity index (χ2v) is 6.74. The zero-order valence-electron chi connectivity index (χ0n) is 13.4. The molecule has 0 N–H and O–H groups in total. The number of hydrogen-bond donors (Lipinski definition) is 0. The minimum Gasteiger partial charge on any atom is -0.476 e. The Morgan fingerprint density at radius 1 is 1.29 bits per heavy atom. The highest BCUT2D eigenvalue weighted by molar-refractivity contribution is 9.10. The Labute approximate surface area is 149 Å². The summed E-state index contributed by atoms with van der Waals surface area (Å²) in [7, 11) is 0. The lowest BCUT2D eigenvalue weighted by molar-refractivity contribution is 0.214. The summed E-state index contributed by atoms with van der Waals surface area (Å²) < 4.78 is 6.64. The van der Waals surface area contributed by atoms with Crippen molar-refractivity contribution in [1.82, 2.24) is 15.0 Å². The van der Waals surface area contributed by atoms with Crippen molar-refractivity contribution in [1.29, 1.82) is 5.26 Å². The van der Waals surface area contributed by atoms with Crippen molar-refractivity contribution in [3.8, 4) is 11.9 Å². The number of rotatable bonds is 4. The first-order valence-electron chi connectivity index (χ1n) is 7.88. The quantitative estimate of drug-likeness (QED) is 0.801. The number of halogens is 1. The zero-order valence-corrected chi connectivity index (χ0v) is 15.0. The number of aromatic nitrogens is 3. The minimum absolute atomic E-state index is 0.476. The van der Waals surface area contributed by atoms with Gasteiger partial charge in [-0.3, -0.25) is 4.98 Å². The molecule has 3 rings (SSSR count). The van der Waals surface area contributed by atoms with E-state index in [0.29, 0.717) is 24.0 Å². The van der Waals surface area contributed by atoms with Crippen LogP contribution in [0.15, 0.2) is 29.1 Å². The van der Waals surface area contributed by atoms with Crippen LogP contribution in [0.3, 0.4) is 0 Å². The summed E-state index contributed by atoms with van der Waals surface area (Å²) in [4.78, 5) is 15.0. The highest BCUT2D eigenvalue weighted by atomic mass is 79.9. The van der Waals surface area contributed by atoms with Gasteiger partial charge in [0.2, 0.25) is 5.88 Å². The van der Waals surface area contributed by atoms with Gasteiger partial charge < -0.3 is 9.64 Å². The average Bonchev–Trinajstić information content (AvgIpc) is 2.61. The molecule has 1 aliphatic rings. The molecule has 124 valence electrons. The number of aryl methyl sites for hydroxylation is 1. The number of pyridine rings is 1. The predicted octanol–water partition coefficient (Wildman–Crippen LogP) is 3.11. The van der Waals surface area contributed by atoms with Crippen LogP contribution >= 0.6 is 15.9 Å². The highest BCUT2D eigenvalue weighted by Gasteiger charge is 2.23. The summed E-state index contributed by atoms with van der Waals surface area (Å²) in [5, 5.41) is 9.29. The van der Waals surface area contributed by atoms with Gasteiger partial charge in [0, 0.05) is 36.2 Å². The van der Waals surface area contributed by atoms with E-state index >= 15 is 0 Å². The van der Waals surface area contributed by atoms with E-state index in [0.717, 1.165) is 41.9 Å². The van der Waals surface area contributed by atoms with Gasteiger partial charge >= 0.3 is 0 Å². The summed E-state index contributed by atoms with van der Waals surface area (Å²) in [6, 6.07) is 4.04. The molecule has 0 aromatic carbocycles. The molecule has 24 heavy (non-hydrogen) atoms. The Balaban J connectivity index is 1.57. The summed E-state index contributed by atoms with van der Waals surface area (Å²) in [6.07, 6.45) is 7.05. The number of ether oxygens (including phenoxy) is 1. The molecule has 0 saturated carbocycles. The van der Waals surface area contributed by atoms with E-state index in [4.69, 9.17) is 4.74 Å². The molecule has 7 heteroatoms. The van der Waals surface area contributed by atoms with Gasteiger partial charge in [0.05, 0.1) is 17.9 Å². The molecule has 1 saturated heterocycles. The standard InChI is InChI=1S/C17H18BrN5O/c1-12-17(21-5-4-20-12)24-11-13-2-6-23(7-3-13)16-14(9-19)8-15(18)10-22-16/h4-5,8,10,13H,2-3,6-7,11H2,1H3. The van der Waals surface area contributed by atoms with E-state index < -0.39 is 0 Å². The van der Waals surface area contributed by atoms with E-state index in [1.165, 1.54) is 0 Å². The van der Waals surface area contributed by atoms with Gasteiger partial charge in [-0.15, -0.1) is 0 Å². The third-order valence-electron chi connectivity index (χ3n) is 4.16. The van der Waals surface area contributed by atoms with E-state index in [1.54, 1.807) is 18.6 Å². The molecular formula is C17H18BrN5O. The molecule has 0 bridgehead atoms. The van der Waals surface area contributed by atoms with Crippen molar-refractivity contribution in [2.24, 2.45) is 5.92 Å². The van der Waals surface area contributed by atoms with Crippen LogP contribution in [0.25, 0.3) is 0 Å². The summed E-state index contributed by atoms with van der Waals surface area (Å²) in [5.41, 5.74) is 1.42. The maximum atomic E-state index is 9.29. The van der Waals surface area contributed by atoms with Gasteiger partial charge in [0.15, 0.2) is 0 Å². The summed E-state index contributed by atoms with van der Waals surface area (Å²) in [6.45, 7) is 4.29. The third kappa shape index (κ3) is 3.82. The third-order valence-corrected chi connectivity index (χ3v) is 4.59. The van der Waals surface area contributed by atoms with E-state index in [-0.39, 0.29) is 0 Å². The molecular weight excluding hydrogens is 370 g/mol. The Morgan fingerprint density at radius 2 is 2.04 bits per heavy atom. The Kier molecular flexibility index (Phi) is 5.26. The Hall–Kier alpha value is -2.20. The largest absolute Gasteiger partial charge is 0.476 e. The van der Waals surface area contributed by atoms with Crippen molar-refractivity contribution >= 4 is 21.7 Å². The molecule has 2 aromatic rings. The van der Waals surface area contributed by atoms with Crippen LogP contribution in [-0.2, 0) is 0 Å². The first kappa shape index (κ1) is 16.7. The molecule has 6 nitrogen and oxygen atoms in total. The first-order valence-corrected chi connectivity index (χ1v) is 8.67. The molecule has 0 aliphatic carbocycles. The average molecular weight is 388 g/mol. The SMILES string of the molecule is Cc1nccnc1OCC1CCN(c2ncc(Br)cc2C#N)CC1. The number of nitriles is 1. The molecule has 0 spiro atoms. The second kappa shape index (κ2) is 7.58. The van der Waals surface area contributed by atoms with E-state index in [2.05, 4.69) is 41.9 Å². The minimum atomic E-state index is 0.476. The van der Waals surface area contributed by atoms with Crippen molar-refractivity contribution in [2.75, 3.05) is 24.6 Å². The topological polar surface area (TPSA) is 74.9 Å². The number of hydrogen-bond acceptors (Lipinski definition) is 6. The van der Waals surface area contributed by atoms with E-state index in [1.807, 2.05) is 13.0 Å². The molecule has 1 aliphatic heterocycles. The second-order valence-electron chi connectivity index (χ2n) is 5.82. The molecule has 2 aromatic heterocycles. The predicted molar refractivity (Wildman–Crippen MR) is 93.9 cm³/mol. The van der Waals surface area contributed by atoms with Gasteiger partial charge in [-0.25, -0.2) is 9.97 Å². The fraction of sp³-hybridized carbons (Fsp3) is 0.412. The van der Waals surface area contributed by atoms with Crippen LogP contribution in [-0.4, -0.2) is 34.6 Å². The van der Waals surface area contributed by atoms with Crippen LogP contribution in [0, 0.1) is 24.2 Å². The molecule has 0 atom stereocenters. The maximum Gasteiger partial charge on any atom is 0.235 e. The smallest absolute Gasteiger partial charge is 0.235 e. The normalized spacial score (nSPS) is 15.1. The van der Waals surface area contributed by atoms with Gasteiger partial charge in [-0.1, -0.05) is 0 Å². The Bertz CT molecular complexity index is 753. The van der Waals surface area contributed by atoms with Crippen LogP contribution in [0.4, 0.5) is 5.82 Å². The molecule has 0 unspecified atom stereocenters. The van der Waals surface area contributed by atoms with E-state index in [9.17, 15) is 5.26 Å². The number of anilines is 1. The van der Waals surface area contributed by atoms with Gasteiger partial charge in [0.25, 0.3) is 0 Å². The fourth-order valence-electron chi connectivity index (χ4n) is 2.81. The lowest BCUT2D eigenvalue weighted by Crippen LogP contribution is -2.36. The van der Waals surface area contributed by atoms with Crippen LogP contribution < -0.4 is 9.64 Å². The van der Waals surface area contributed by atoms with Crippen molar-refractivity contribution in [3.05, 3.63) is 40.4 Å². The molecule has 0 radical (unpaired) electrons. The van der Waals surface area contributed by atoms with Crippen molar-refractivity contribution in [3.63, 3.8) is 0 Å². The molecule has 1 fully saturated rings. The van der Waals surface area contributed by atoms with Gasteiger partial charge in [0.1, 0.15) is 11.9 Å². The zero-order chi connectivity index (χ0) is 16.9. The molecule has 0 amide bonds. The van der Waals surface area contributed by atoms with Crippen LogP contribution in [0.2, 0.25) is 0 Å². The van der Waals surface area contributed by atoms with Crippen molar-refractivity contribution < 1.29 is 4.74 Å². The van der Waals surface area contributed by atoms with Crippen LogP contribution in [0.1, 0.15) is 24.1 Å². The fourth-order valence-corrected chi connectivity index (χ4v) is 3.14. The van der Waals surface area contributed by atoms with Crippen molar-refractivity contribution in [2.45, 2.75) is 19.8 Å². The lowest BCUT2D eigenvalue weighted by Gasteiger charge is -2.33. The molecule has 3 heterocycles. The number of piperidine rings is 1. The number of nitrogens with zero attached hydrogens (tertiary/aromatic N) is 5. The lowest BCUT2D eigenvalue weighted by atomic mass is 9.97. The van der Waals surface area contributed by atoms with Gasteiger partial charge in [-0.2, -0.15) is 5.26 Å².